The maximum absolute atomic E-state index is 12.2. The topological polar surface area (TPSA) is 20.3 Å². The van der Waals surface area contributed by atoms with Crippen molar-refractivity contribution in [1.82, 2.24) is 4.90 Å². The monoisotopic (exact) mass is 299 g/mol. The third kappa shape index (κ3) is 3.87. The van der Waals surface area contributed by atoms with Crippen LogP contribution in [0.4, 0.5) is 0 Å². The molecular formula is C15H19Cl2NO. The van der Waals surface area contributed by atoms with Crippen molar-refractivity contribution in [3.8, 4) is 0 Å². The highest BCUT2D eigenvalue weighted by Crippen LogP contribution is 2.27. The lowest BCUT2D eigenvalue weighted by atomic mass is 10.1. The summed E-state index contributed by atoms with van der Waals surface area (Å²) in [4.78, 5) is 14.0. The number of carbonyl (C=O) groups is 1. The van der Waals surface area contributed by atoms with Crippen LogP contribution in [0.3, 0.4) is 0 Å². The number of benzene rings is 1. The summed E-state index contributed by atoms with van der Waals surface area (Å²) in [6.07, 6.45) is 5.35. The van der Waals surface area contributed by atoms with Crippen molar-refractivity contribution in [3.63, 3.8) is 0 Å². The van der Waals surface area contributed by atoms with Crippen LogP contribution >= 0.6 is 23.2 Å². The van der Waals surface area contributed by atoms with E-state index in [9.17, 15) is 4.79 Å². The minimum absolute atomic E-state index is 0.0851. The Morgan fingerprint density at radius 3 is 2.42 bits per heavy atom. The smallest absolute Gasteiger partial charge is 0.226 e. The molecule has 1 saturated carbocycles. The van der Waals surface area contributed by atoms with Gasteiger partial charge in [0.15, 0.2) is 0 Å². The van der Waals surface area contributed by atoms with E-state index in [2.05, 4.69) is 0 Å². The predicted molar refractivity (Wildman–Crippen MR) is 79.8 cm³/mol. The molecule has 0 aliphatic heterocycles. The fourth-order valence-electron chi connectivity index (χ4n) is 2.67. The molecule has 2 nitrogen and oxygen atoms in total. The summed E-state index contributed by atoms with van der Waals surface area (Å²) in [5, 5.41) is 1.13. The maximum Gasteiger partial charge on any atom is 0.226 e. The van der Waals surface area contributed by atoms with Crippen LogP contribution in [0.15, 0.2) is 18.2 Å². The van der Waals surface area contributed by atoms with E-state index in [-0.39, 0.29) is 12.3 Å². The summed E-state index contributed by atoms with van der Waals surface area (Å²) in [6.45, 7) is 0.848. The summed E-state index contributed by atoms with van der Waals surface area (Å²) < 4.78 is 0. The quantitative estimate of drug-likeness (QED) is 0.816. The average molecular weight is 300 g/mol. The molecule has 0 N–H and O–H groups in total. The fraction of sp³-hybridized carbons (Fsp3) is 0.533. The molecule has 1 fully saturated rings. The third-order valence-electron chi connectivity index (χ3n) is 3.82. The molecule has 104 valence electrons. The molecule has 0 aromatic heterocycles. The first-order valence-corrected chi connectivity index (χ1v) is 7.50. The van der Waals surface area contributed by atoms with Crippen LogP contribution in [0.25, 0.3) is 0 Å². The molecule has 1 aliphatic rings. The van der Waals surface area contributed by atoms with Gasteiger partial charge >= 0.3 is 0 Å². The SMILES string of the molecule is CN(CC1CCCC1)C(=O)Cc1c(Cl)cccc1Cl. The van der Waals surface area contributed by atoms with Gasteiger partial charge in [-0.15, -0.1) is 0 Å². The molecule has 0 saturated heterocycles. The fourth-order valence-corrected chi connectivity index (χ4v) is 3.20. The zero-order valence-corrected chi connectivity index (χ0v) is 12.7. The Hall–Kier alpha value is -0.730. The highest BCUT2D eigenvalue weighted by molar-refractivity contribution is 6.36. The van der Waals surface area contributed by atoms with Gasteiger partial charge in [-0.25, -0.2) is 0 Å². The second-order valence-electron chi connectivity index (χ2n) is 5.30. The number of amides is 1. The Balaban J connectivity index is 1.96. The Kier molecular flexibility index (Phi) is 5.12. The Bertz CT molecular complexity index is 435. The predicted octanol–water partition coefficient (Wildman–Crippen LogP) is 4.18. The molecule has 0 radical (unpaired) electrons. The molecule has 1 aliphatic carbocycles. The molecule has 0 spiro atoms. The maximum atomic E-state index is 12.2. The van der Waals surface area contributed by atoms with Gasteiger partial charge in [0, 0.05) is 23.6 Å². The minimum Gasteiger partial charge on any atom is -0.345 e. The molecule has 0 bridgehead atoms. The van der Waals surface area contributed by atoms with Gasteiger partial charge in [-0.3, -0.25) is 4.79 Å². The van der Waals surface area contributed by atoms with E-state index in [1.54, 1.807) is 18.2 Å². The summed E-state index contributed by atoms with van der Waals surface area (Å²) in [5.41, 5.74) is 0.731. The molecule has 4 heteroatoms. The first kappa shape index (κ1) is 14.7. The van der Waals surface area contributed by atoms with Crippen molar-refractivity contribution in [2.24, 2.45) is 5.92 Å². The standard InChI is InChI=1S/C15H19Cl2NO/c1-18(10-11-5-2-3-6-11)15(19)9-12-13(16)7-4-8-14(12)17/h4,7-8,11H,2-3,5-6,9-10H2,1H3. The van der Waals surface area contributed by atoms with E-state index in [0.717, 1.165) is 12.1 Å². The molecule has 1 aromatic carbocycles. The number of rotatable bonds is 4. The molecule has 19 heavy (non-hydrogen) atoms. The van der Waals surface area contributed by atoms with E-state index < -0.39 is 0 Å². The molecule has 0 atom stereocenters. The first-order valence-electron chi connectivity index (χ1n) is 6.75. The summed E-state index contributed by atoms with van der Waals surface area (Å²) in [5.74, 6) is 0.748. The zero-order valence-electron chi connectivity index (χ0n) is 11.2. The minimum atomic E-state index is 0.0851. The number of likely N-dealkylation sites (N-methyl/N-ethyl adjacent to an activating group) is 1. The Morgan fingerprint density at radius 1 is 1.26 bits per heavy atom. The van der Waals surface area contributed by atoms with E-state index in [1.807, 2.05) is 11.9 Å². The molecular weight excluding hydrogens is 281 g/mol. The van der Waals surface area contributed by atoms with E-state index >= 15 is 0 Å². The first-order chi connectivity index (χ1) is 9.08. The van der Waals surface area contributed by atoms with Gasteiger partial charge in [-0.2, -0.15) is 0 Å². The van der Waals surface area contributed by atoms with Crippen molar-refractivity contribution >= 4 is 29.1 Å². The van der Waals surface area contributed by atoms with Gasteiger partial charge in [0.05, 0.1) is 6.42 Å². The molecule has 2 rings (SSSR count). The van der Waals surface area contributed by atoms with Gasteiger partial charge in [0.2, 0.25) is 5.91 Å². The number of hydrogen-bond acceptors (Lipinski definition) is 1. The largest absolute Gasteiger partial charge is 0.345 e. The number of hydrogen-bond donors (Lipinski definition) is 0. The molecule has 0 heterocycles. The molecule has 1 amide bonds. The van der Waals surface area contributed by atoms with Crippen LogP contribution in [0, 0.1) is 5.92 Å². The van der Waals surface area contributed by atoms with Crippen LogP contribution in [0.5, 0.6) is 0 Å². The number of nitrogens with zero attached hydrogens (tertiary/aromatic N) is 1. The van der Waals surface area contributed by atoms with Gasteiger partial charge in [0.25, 0.3) is 0 Å². The lowest BCUT2D eigenvalue weighted by Gasteiger charge is -2.21. The molecule has 1 aromatic rings. The Morgan fingerprint density at radius 2 is 1.84 bits per heavy atom. The van der Waals surface area contributed by atoms with E-state index in [0.29, 0.717) is 16.0 Å². The lowest BCUT2D eigenvalue weighted by Crippen LogP contribution is -2.32. The lowest BCUT2D eigenvalue weighted by molar-refractivity contribution is -0.129. The van der Waals surface area contributed by atoms with Crippen LogP contribution in [-0.2, 0) is 11.2 Å². The highest BCUT2D eigenvalue weighted by atomic mass is 35.5. The van der Waals surface area contributed by atoms with Crippen molar-refractivity contribution in [2.75, 3.05) is 13.6 Å². The second kappa shape index (κ2) is 6.62. The zero-order chi connectivity index (χ0) is 13.8. The van der Waals surface area contributed by atoms with Gasteiger partial charge in [-0.1, -0.05) is 42.1 Å². The van der Waals surface area contributed by atoms with Crippen LogP contribution in [0.2, 0.25) is 10.0 Å². The summed E-state index contributed by atoms with van der Waals surface area (Å²) in [7, 11) is 1.87. The van der Waals surface area contributed by atoms with E-state index in [4.69, 9.17) is 23.2 Å². The van der Waals surface area contributed by atoms with Gasteiger partial charge < -0.3 is 4.90 Å². The average Bonchev–Trinajstić information content (AvgIpc) is 2.86. The number of halogens is 2. The second-order valence-corrected chi connectivity index (χ2v) is 6.12. The van der Waals surface area contributed by atoms with Crippen molar-refractivity contribution in [2.45, 2.75) is 32.1 Å². The van der Waals surface area contributed by atoms with Crippen molar-refractivity contribution < 1.29 is 4.79 Å². The summed E-state index contributed by atoms with van der Waals surface area (Å²) in [6, 6.07) is 5.33. The van der Waals surface area contributed by atoms with Crippen molar-refractivity contribution in [1.29, 1.82) is 0 Å². The normalized spacial score (nSPS) is 15.7. The highest BCUT2D eigenvalue weighted by Gasteiger charge is 2.20. The Labute approximate surface area is 124 Å². The molecule has 0 unspecified atom stereocenters. The van der Waals surface area contributed by atoms with Crippen molar-refractivity contribution in [3.05, 3.63) is 33.8 Å². The van der Waals surface area contributed by atoms with Gasteiger partial charge in [0.1, 0.15) is 0 Å². The van der Waals surface area contributed by atoms with Crippen LogP contribution in [-0.4, -0.2) is 24.4 Å². The third-order valence-corrected chi connectivity index (χ3v) is 4.53. The van der Waals surface area contributed by atoms with E-state index in [1.165, 1.54) is 25.7 Å². The summed E-state index contributed by atoms with van der Waals surface area (Å²) >= 11 is 12.2. The van der Waals surface area contributed by atoms with Crippen LogP contribution in [0.1, 0.15) is 31.2 Å². The van der Waals surface area contributed by atoms with Gasteiger partial charge in [-0.05, 0) is 36.5 Å². The van der Waals surface area contributed by atoms with Crippen LogP contribution < -0.4 is 0 Å². The number of carbonyl (C=O) groups excluding carboxylic acids is 1.